The van der Waals surface area contributed by atoms with E-state index in [4.69, 9.17) is 11.6 Å². The largest absolute Gasteiger partial charge is 0.314 e. The highest BCUT2D eigenvalue weighted by atomic mass is 35.5. The first-order chi connectivity index (χ1) is 12.5. The van der Waals surface area contributed by atoms with Gasteiger partial charge in [0.1, 0.15) is 4.90 Å². The topological polar surface area (TPSA) is 84.3 Å². The molecular weight excluding hydrogens is 412 g/mol. The van der Waals surface area contributed by atoms with E-state index in [1.165, 1.54) is 29.2 Å². The summed E-state index contributed by atoms with van der Waals surface area (Å²) in [4.78, 5) is 0.195. The number of benzene rings is 2. The molecule has 10 heteroatoms. The summed E-state index contributed by atoms with van der Waals surface area (Å²) in [6.07, 6.45) is 0. The van der Waals surface area contributed by atoms with E-state index in [9.17, 15) is 8.42 Å². The summed E-state index contributed by atoms with van der Waals surface area (Å²) in [5.41, 5.74) is 1.55. The second-order valence-electron chi connectivity index (χ2n) is 5.29. The zero-order valence-corrected chi connectivity index (χ0v) is 16.3. The third-order valence-corrected chi connectivity index (χ3v) is 7.30. The Labute approximate surface area is 163 Å². The summed E-state index contributed by atoms with van der Waals surface area (Å²) < 4.78 is 28.7. The lowest BCUT2D eigenvalue weighted by atomic mass is 10.2. The van der Waals surface area contributed by atoms with Crippen LogP contribution in [0.1, 0.15) is 11.1 Å². The van der Waals surface area contributed by atoms with E-state index in [-0.39, 0.29) is 10.7 Å². The highest BCUT2D eigenvalue weighted by molar-refractivity contribution is 8.00. The Hall–Kier alpha value is -1.94. The first-order valence-corrected chi connectivity index (χ1v) is 11.1. The van der Waals surface area contributed by atoms with Crippen LogP contribution in [0.15, 0.2) is 62.2 Å². The monoisotopic (exact) mass is 422 g/mol. The number of sulfonamides is 1. The number of hydrogen-bond acceptors (Lipinski definition) is 7. The molecule has 0 atom stereocenters. The summed E-state index contributed by atoms with van der Waals surface area (Å²) in [6, 6.07) is 14.3. The summed E-state index contributed by atoms with van der Waals surface area (Å²) in [5.74, 6) is 0.936. The predicted molar refractivity (Wildman–Crippen MR) is 105 cm³/mol. The van der Waals surface area contributed by atoms with Gasteiger partial charge in [-0.1, -0.05) is 65.0 Å². The van der Waals surface area contributed by atoms with Crippen LogP contribution in [-0.4, -0.2) is 24.5 Å². The average molecular weight is 423 g/mol. The van der Waals surface area contributed by atoms with Gasteiger partial charge in [0, 0.05) is 16.3 Å². The summed E-state index contributed by atoms with van der Waals surface area (Å²) in [5, 5.41) is 12.3. The molecule has 2 heterocycles. The van der Waals surface area contributed by atoms with Gasteiger partial charge in [-0.2, -0.15) is 8.42 Å². The second-order valence-corrected chi connectivity index (χ2v) is 9.47. The van der Waals surface area contributed by atoms with Crippen LogP contribution in [0, 0.1) is 0 Å². The Kier molecular flexibility index (Phi) is 4.70. The minimum absolute atomic E-state index is 0.195. The molecule has 0 radical (unpaired) electrons. The van der Waals surface area contributed by atoms with Gasteiger partial charge in [0.25, 0.3) is 10.0 Å². The second kappa shape index (κ2) is 6.99. The molecule has 6 nitrogen and oxygen atoms in total. The Bertz CT molecular complexity index is 1110. The number of anilines is 1. The van der Waals surface area contributed by atoms with Crippen LogP contribution >= 0.6 is 34.7 Å². The van der Waals surface area contributed by atoms with Gasteiger partial charge in [0.2, 0.25) is 5.13 Å². The predicted octanol–water partition coefficient (Wildman–Crippen LogP) is 4.04. The molecule has 0 spiro atoms. The molecule has 26 heavy (non-hydrogen) atoms. The van der Waals surface area contributed by atoms with Crippen LogP contribution in [0.5, 0.6) is 0 Å². The van der Waals surface area contributed by atoms with Crippen molar-refractivity contribution in [3.8, 4) is 0 Å². The third kappa shape index (κ3) is 3.48. The fourth-order valence-electron chi connectivity index (χ4n) is 2.37. The van der Waals surface area contributed by atoms with Crippen LogP contribution in [0.2, 0.25) is 5.02 Å². The van der Waals surface area contributed by atoms with Crippen molar-refractivity contribution >= 4 is 55.7 Å². The van der Waals surface area contributed by atoms with Gasteiger partial charge in [0.05, 0.1) is 0 Å². The van der Waals surface area contributed by atoms with Gasteiger partial charge in [-0.3, -0.25) is 0 Å². The van der Waals surface area contributed by atoms with E-state index in [1.807, 2.05) is 24.3 Å². The lowest BCUT2D eigenvalue weighted by molar-refractivity contribution is 0.599. The molecular formula is C16H11ClN4O2S3. The number of nitrogens with zero attached hydrogens (tertiary/aromatic N) is 3. The van der Waals surface area contributed by atoms with Gasteiger partial charge in [0.15, 0.2) is 10.2 Å². The molecule has 0 unspecified atom stereocenters. The summed E-state index contributed by atoms with van der Waals surface area (Å²) >= 11 is 9.00. The SMILES string of the molecule is O=S1(=O)N=C(Nc2nnc(SCc3ccccc3Cl)s2)c2ccccc21. The van der Waals surface area contributed by atoms with E-state index in [0.717, 1.165) is 9.90 Å². The van der Waals surface area contributed by atoms with Crippen molar-refractivity contribution in [1.82, 2.24) is 10.2 Å². The minimum atomic E-state index is -3.66. The van der Waals surface area contributed by atoms with Gasteiger partial charge in [-0.05, 0) is 23.8 Å². The zero-order valence-electron chi connectivity index (χ0n) is 13.1. The summed E-state index contributed by atoms with van der Waals surface area (Å²) in [6.45, 7) is 0. The Morgan fingerprint density at radius 2 is 1.85 bits per heavy atom. The first kappa shape index (κ1) is 17.5. The molecule has 0 aliphatic carbocycles. The highest BCUT2D eigenvalue weighted by Gasteiger charge is 2.28. The number of amidine groups is 1. The number of halogens is 1. The van der Waals surface area contributed by atoms with Crippen molar-refractivity contribution in [3.63, 3.8) is 0 Å². The normalized spacial score (nSPS) is 14.7. The molecule has 1 N–H and O–H groups in total. The molecule has 1 aliphatic rings. The number of aromatic nitrogens is 2. The van der Waals surface area contributed by atoms with Crippen molar-refractivity contribution in [2.75, 3.05) is 5.32 Å². The van der Waals surface area contributed by atoms with Crippen LogP contribution in [0.3, 0.4) is 0 Å². The Morgan fingerprint density at radius 1 is 1.08 bits per heavy atom. The molecule has 2 aromatic carbocycles. The molecule has 0 saturated heterocycles. The van der Waals surface area contributed by atoms with E-state index in [0.29, 0.717) is 21.5 Å². The molecule has 132 valence electrons. The Morgan fingerprint density at radius 3 is 2.69 bits per heavy atom. The van der Waals surface area contributed by atoms with E-state index in [1.54, 1.807) is 18.2 Å². The maximum absolute atomic E-state index is 12.1. The van der Waals surface area contributed by atoms with Gasteiger partial charge >= 0.3 is 0 Å². The van der Waals surface area contributed by atoms with Crippen molar-refractivity contribution in [3.05, 3.63) is 64.7 Å². The van der Waals surface area contributed by atoms with E-state index < -0.39 is 10.0 Å². The lowest BCUT2D eigenvalue weighted by Gasteiger charge is -2.01. The first-order valence-electron chi connectivity index (χ1n) is 7.44. The minimum Gasteiger partial charge on any atom is -0.314 e. The van der Waals surface area contributed by atoms with Crippen LogP contribution in [-0.2, 0) is 15.8 Å². The molecule has 0 bridgehead atoms. The highest BCUT2D eigenvalue weighted by Crippen LogP contribution is 2.32. The molecule has 1 aromatic heterocycles. The quantitative estimate of drug-likeness (QED) is 0.638. The van der Waals surface area contributed by atoms with Gasteiger partial charge in [-0.25, -0.2) is 0 Å². The van der Waals surface area contributed by atoms with Crippen LogP contribution < -0.4 is 5.32 Å². The zero-order chi connectivity index (χ0) is 18.1. The maximum atomic E-state index is 12.1. The third-order valence-electron chi connectivity index (χ3n) is 3.57. The standard InChI is InChI=1S/C16H11ClN4O2S3/c17-12-7-3-1-5-10(12)9-24-16-20-19-15(25-16)18-14-11-6-2-4-8-13(11)26(22,23)21-14/h1-8H,9H2,(H,18,19,21). The van der Waals surface area contributed by atoms with E-state index >= 15 is 0 Å². The molecule has 0 amide bonds. The van der Waals surface area contributed by atoms with E-state index in [2.05, 4.69) is 19.9 Å². The molecule has 1 aliphatic heterocycles. The van der Waals surface area contributed by atoms with Crippen molar-refractivity contribution in [2.45, 2.75) is 15.0 Å². The Balaban J connectivity index is 1.49. The van der Waals surface area contributed by atoms with Crippen LogP contribution in [0.25, 0.3) is 0 Å². The lowest BCUT2D eigenvalue weighted by Crippen LogP contribution is -2.10. The molecule has 4 rings (SSSR count). The van der Waals surface area contributed by atoms with Crippen molar-refractivity contribution < 1.29 is 8.42 Å². The maximum Gasteiger partial charge on any atom is 0.285 e. The number of fused-ring (bicyclic) bond motifs is 1. The smallest absolute Gasteiger partial charge is 0.285 e. The number of thioether (sulfide) groups is 1. The number of hydrogen-bond donors (Lipinski definition) is 1. The van der Waals surface area contributed by atoms with Crippen LogP contribution in [0.4, 0.5) is 5.13 Å². The van der Waals surface area contributed by atoms with Gasteiger partial charge in [-0.15, -0.1) is 14.6 Å². The molecule has 0 saturated carbocycles. The van der Waals surface area contributed by atoms with Gasteiger partial charge < -0.3 is 5.32 Å². The molecule has 0 fully saturated rings. The van der Waals surface area contributed by atoms with Crippen molar-refractivity contribution in [2.24, 2.45) is 4.40 Å². The van der Waals surface area contributed by atoms with Crippen molar-refractivity contribution in [1.29, 1.82) is 0 Å². The average Bonchev–Trinajstić information content (AvgIpc) is 3.17. The molecule has 3 aromatic rings. The number of rotatable bonds is 4. The fraction of sp³-hybridized carbons (Fsp3) is 0.0625. The number of nitrogens with one attached hydrogen (secondary N) is 1. The fourth-order valence-corrected chi connectivity index (χ4v) is 5.58. The summed E-state index contributed by atoms with van der Waals surface area (Å²) in [7, 11) is -3.66.